The van der Waals surface area contributed by atoms with E-state index < -0.39 is 10.1 Å². The third kappa shape index (κ3) is 6.07. The molecule has 1 aromatic carbocycles. The maximum atomic E-state index is 11.9. The van der Waals surface area contributed by atoms with Gasteiger partial charge in [0, 0.05) is 17.5 Å². The lowest BCUT2D eigenvalue weighted by Crippen LogP contribution is -2.16. The Morgan fingerprint density at radius 1 is 1.26 bits per heavy atom. The number of rotatable bonds is 8. The van der Waals surface area contributed by atoms with Crippen LogP contribution in [0.15, 0.2) is 46.3 Å². The number of H-pyrrole nitrogens is 1. The van der Waals surface area contributed by atoms with E-state index in [4.69, 9.17) is 4.18 Å². The maximum Gasteiger partial charge on any atom is 0.310 e. The molecule has 0 saturated heterocycles. The summed E-state index contributed by atoms with van der Waals surface area (Å²) in [4.78, 5) is 18.4. The maximum absolute atomic E-state index is 11.9. The predicted octanol–water partition coefficient (Wildman–Crippen LogP) is 2.22. The van der Waals surface area contributed by atoms with Crippen LogP contribution in [0.5, 0.6) is 5.75 Å². The topological polar surface area (TPSA) is 89.1 Å². The lowest BCUT2D eigenvalue weighted by molar-refractivity contribution is 0.488. The standard InChI is InChI=1S/C15H18N2O4S2/c1-2-6-12-11-14(18)17-15(16-12)22-9-10-23(19,20)21-13-7-4-3-5-8-13/h3-5,7-8,11H,2,6,9-10H2,1H3,(H,16,17,18). The molecule has 1 N–H and O–H groups in total. The van der Waals surface area contributed by atoms with Crippen molar-refractivity contribution in [3.63, 3.8) is 0 Å². The molecule has 1 heterocycles. The smallest absolute Gasteiger partial charge is 0.310 e. The van der Waals surface area contributed by atoms with Gasteiger partial charge in [-0.1, -0.05) is 43.3 Å². The van der Waals surface area contributed by atoms with E-state index in [9.17, 15) is 13.2 Å². The normalized spacial score (nSPS) is 11.3. The largest absolute Gasteiger partial charge is 0.382 e. The van der Waals surface area contributed by atoms with E-state index in [-0.39, 0.29) is 22.8 Å². The molecule has 2 rings (SSSR count). The van der Waals surface area contributed by atoms with E-state index >= 15 is 0 Å². The zero-order valence-electron chi connectivity index (χ0n) is 12.7. The minimum absolute atomic E-state index is 0.172. The minimum atomic E-state index is -3.68. The van der Waals surface area contributed by atoms with Crippen molar-refractivity contribution in [2.45, 2.75) is 24.9 Å². The van der Waals surface area contributed by atoms with Gasteiger partial charge in [-0.05, 0) is 18.6 Å². The molecule has 2 aromatic rings. The third-order valence-electron chi connectivity index (χ3n) is 2.82. The van der Waals surface area contributed by atoms with Gasteiger partial charge in [0.05, 0.1) is 5.75 Å². The molecule has 0 unspecified atom stereocenters. The van der Waals surface area contributed by atoms with Crippen molar-refractivity contribution >= 4 is 21.9 Å². The van der Waals surface area contributed by atoms with Crippen molar-refractivity contribution in [3.05, 3.63) is 52.4 Å². The van der Waals surface area contributed by atoms with Gasteiger partial charge in [-0.3, -0.25) is 4.79 Å². The number of hydrogen-bond acceptors (Lipinski definition) is 6. The lowest BCUT2D eigenvalue weighted by atomic mass is 10.2. The van der Waals surface area contributed by atoms with Crippen LogP contribution in [0.25, 0.3) is 0 Å². The first kappa shape index (κ1) is 17.6. The summed E-state index contributed by atoms with van der Waals surface area (Å²) in [7, 11) is -3.68. The van der Waals surface area contributed by atoms with Crippen LogP contribution in [0.4, 0.5) is 0 Å². The van der Waals surface area contributed by atoms with Crippen LogP contribution in [0, 0.1) is 0 Å². The first-order chi connectivity index (χ1) is 11.0. The van der Waals surface area contributed by atoms with Gasteiger partial charge in [-0.15, -0.1) is 0 Å². The van der Waals surface area contributed by atoms with Crippen molar-refractivity contribution in [2.24, 2.45) is 0 Å². The fourth-order valence-corrected chi connectivity index (χ4v) is 4.03. The quantitative estimate of drug-likeness (QED) is 0.444. The molecule has 23 heavy (non-hydrogen) atoms. The van der Waals surface area contributed by atoms with E-state index in [0.29, 0.717) is 17.3 Å². The number of benzene rings is 1. The SMILES string of the molecule is CCCc1cc(=O)[nH]c(SCCS(=O)(=O)Oc2ccccc2)n1. The van der Waals surface area contributed by atoms with Gasteiger partial charge in [0.1, 0.15) is 5.75 Å². The fourth-order valence-electron chi connectivity index (χ4n) is 1.84. The zero-order chi connectivity index (χ0) is 16.7. The molecule has 0 bridgehead atoms. The molecular weight excluding hydrogens is 336 g/mol. The zero-order valence-corrected chi connectivity index (χ0v) is 14.3. The summed E-state index contributed by atoms with van der Waals surface area (Å²) in [6.45, 7) is 2.00. The third-order valence-corrected chi connectivity index (χ3v) is 5.10. The molecule has 0 aliphatic rings. The number of nitrogens with zero attached hydrogens (tertiary/aromatic N) is 1. The van der Waals surface area contributed by atoms with E-state index in [1.807, 2.05) is 6.92 Å². The molecule has 0 spiro atoms. The first-order valence-corrected chi connectivity index (χ1v) is 9.75. The van der Waals surface area contributed by atoms with Crippen LogP contribution in [-0.2, 0) is 16.5 Å². The van der Waals surface area contributed by atoms with Gasteiger partial charge in [0.25, 0.3) is 5.56 Å². The highest BCUT2D eigenvalue weighted by molar-refractivity contribution is 8.00. The monoisotopic (exact) mass is 354 g/mol. The summed E-state index contributed by atoms with van der Waals surface area (Å²) in [5.74, 6) is 0.357. The van der Waals surface area contributed by atoms with Crippen molar-refractivity contribution in [2.75, 3.05) is 11.5 Å². The summed E-state index contributed by atoms with van der Waals surface area (Å²) in [5, 5.41) is 0.427. The second-order valence-electron chi connectivity index (χ2n) is 4.80. The summed E-state index contributed by atoms with van der Waals surface area (Å²) in [6, 6.07) is 9.81. The van der Waals surface area contributed by atoms with Gasteiger partial charge in [0.2, 0.25) is 0 Å². The molecule has 0 amide bonds. The van der Waals surface area contributed by atoms with Crippen molar-refractivity contribution in [3.8, 4) is 5.75 Å². The number of thioether (sulfide) groups is 1. The van der Waals surface area contributed by atoms with Gasteiger partial charge in [-0.25, -0.2) is 4.98 Å². The van der Waals surface area contributed by atoms with Crippen LogP contribution in [0.1, 0.15) is 19.0 Å². The Bertz CT molecular complexity index is 789. The molecule has 0 aliphatic heterocycles. The average Bonchev–Trinajstić information content (AvgIpc) is 2.47. The number of nitrogens with one attached hydrogen (secondary N) is 1. The van der Waals surface area contributed by atoms with Crippen molar-refractivity contribution in [1.82, 2.24) is 9.97 Å². The number of para-hydroxylation sites is 1. The van der Waals surface area contributed by atoms with Gasteiger partial charge in [-0.2, -0.15) is 8.42 Å². The van der Waals surface area contributed by atoms with E-state index in [1.165, 1.54) is 17.8 Å². The highest BCUT2D eigenvalue weighted by atomic mass is 32.2. The Kier molecular flexibility index (Phi) is 6.23. The van der Waals surface area contributed by atoms with Crippen LogP contribution in [0.3, 0.4) is 0 Å². The second kappa shape index (κ2) is 8.16. The average molecular weight is 354 g/mol. The highest BCUT2D eigenvalue weighted by Crippen LogP contribution is 2.15. The van der Waals surface area contributed by atoms with Crippen molar-refractivity contribution < 1.29 is 12.6 Å². The Balaban J connectivity index is 1.92. The number of hydrogen-bond donors (Lipinski definition) is 1. The van der Waals surface area contributed by atoms with Gasteiger partial charge in [0.15, 0.2) is 5.16 Å². The summed E-state index contributed by atoms with van der Waals surface area (Å²) >= 11 is 1.19. The first-order valence-electron chi connectivity index (χ1n) is 7.19. The van der Waals surface area contributed by atoms with Crippen LogP contribution < -0.4 is 9.74 Å². The molecule has 124 valence electrons. The molecule has 0 radical (unpaired) electrons. The molecule has 8 heteroatoms. The summed E-state index contributed by atoms with van der Waals surface area (Å²) in [6.07, 6.45) is 1.60. The van der Waals surface area contributed by atoms with Crippen LogP contribution in [-0.4, -0.2) is 29.9 Å². The molecular formula is C15H18N2O4S2. The fraction of sp³-hybridized carbons (Fsp3) is 0.333. The van der Waals surface area contributed by atoms with Gasteiger partial charge >= 0.3 is 10.1 Å². The number of aromatic nitrogens is 2. The summed E-state index contributed by atoms with van der Waals surface area (Å²) in [5.41, 5.74) is 0.483. The Hall–Kier alpha value is -1.80. The Labute approximate surface area is 139 Å². The van der Waals surface area contributed by atoms with Gasteiger partial charge < -0.3 is 9.17 Å². The molecule has 6 nitrogen and oxygen atoms in total. The molecule has 0 fully saturated rings. The Morgan fingerprint density at radius 2 is 2.00 bits per heavy atom. The molecule has 1 aromatic heterocycles. The predicted molar refractivity (Wildman–Crippen MR) is 90.4 cm³/mol. The highest BCUT2D eigenvalue weighted by Gasteiger charge is 2.13. The van der Waals surface area contributed by atoms with Crippen molar-refractivity contribution in [1.29, 1.82) is 0 Å². The summed E-state index contributed by atoms with van der Waals surface area (Å²) < 4.78 is 28.8. The molecule has 0 atom stereocenters. The van der Waals surface area contributed by atoms with E-state index in [2.05, 4.69) is 9.97 Å². The minimum Gasteiger partial charge on any atom is -0.382 e. The number of aryl methyl sites for hydroxylation is 1. The van der Waals surface area contributed by atoms with Crippen LogP contribution in [0.2, 0.25) is 0 Å². The second-order valence-corrected chi connectivity index (χ2v) is 7.57. The molecule has 0 aliphatic carbocycles. The van der Waals surface area contributed by atoms with E-state index in [1.54, 1.807) is 30.3 Å². The van der Waals surface area contributed by atoms with Crippen LogP contribution >= 0.6 is 11.8 Å². The molecule has 0 saturated carbocycles. The lowest BCUT2D eigenvalue weighted by Gasteiger charge is -2.07. The van der Waals surface area contributed by atoms with E-state index in [0.717, 1.165) is 6.42 Å². The number of aromatic amines is 1. The Morgan fingerprint density at radius 3 is 2.70 bits per heavy atom.